The summed E-state index contributed by atoms with van der Waals surface area (Å²) in [6.07, 6.45) is -17.5. The second-order valence-corrected chi connectivity index (χ2v) is 9.84. The largest absolute Gasteiger partial charge is 0.394 e. The first-order chi connectivity index (χ1) is 19.7. The van der Waals surface area contributed by atoms with Crippen LogP contribution in [0.25, 0.3) is 0 Å². The van der Waals surface area contributed by atoms with Gasteiger partial charge in [-0.15, -0.1) is 0 Å². The number of aliphatic hydroxyl groups excluding tert-OH is 11. The van der Waals surface area contributed by atoms with E-state index in [0.717, 1.165) is 18.6 Å². The van der Waals surface area contributed by atoms with Gasteiger partial charge in [0.05, 0.1) is 66.1 Å². The molecular formula is C24H39FN6O11. The highest BCUT2D eigenvalue weighted by Gasteiger charge is 2.41. The quantitative estimate of drug-likeness (QED) is 0.0795. The molecule has 0 aliphatic heterocycles. The fraction of sp³-hybridized carbons (Fsp3) is 0.667. The molecule has 0 fully saturated rings. The fourth-order valence-corrected chi connectivity index (χ4v) is 3.87. The lowest BCUT2D eigenvalue weighted by Gasteiger charge is -2.33. The van der Waals surface area contributed by atoms with Gasteiger partial charge in [-0.2, -0.15) is 0 Å². The average molecular weight is 607 g/mol. The highest BCUT2D eigenvalue weighted by molar-refractivity contribution is 5.12. The highest BCUT2D eigenvalue weighted by Crippen LogP contribution is 2.26. The molecule has 2 heterocycles. The Balaban J connectivity index is 2.08. The van der Waals surface area contributed by atoms with Gasteiger partial charge in [0, 0.05) is 31.8 Å². The standard InChI is InChI=1S/C24H39FN6O11/c25-17(11-6-28-4-9(30-11)2-14(34)16(36)8-32)20(38)24(42)22(40)18(27)21(39)23(41)19(37)12-7-29-5-10(31-12)1-13(33)15(35)3-26/h4-7,13-24,32-42H,1-3,8,26-27H2/t13-,14+,15+,16+,17-,18?,19?,20-,21?,22+,23?,24-/m0/s1. The van der Waals surface area contributed by atoms with E-state index in [-0.39, 0.29) is 36.5 Å². The number of aliphatic hydroxyl groups is 11. The van der Waals surface area contributed by atoms with E-state index in [0.29, 0.717) is 0 Å². The number of nitrogens with zero attached hydrogens (tertiary/aromatic N) is 4. The number of nitrogens with two attached hydrogens (primary N) is 2. The van der Waals surface area contributed by atoms with Crippen molar-refractivity contribution < 1.29 is 60.6 Å². The van der Waals surface area contributed by atoms with Crippen LogP contribution >= 0.6 is 0 Å². The molecule has 12 atom stereocenters. The molecule has 4 unspecified atom stereocenters. The summed E-state index contributed by atoms with van der Waals surface area (Å²) < 4.78 is 15.0. The van der Waals surface area contributed by atoms with E-state index in [1.807, 2.05) is 0 Å². The fourth-order valence-electron chi connectivity index (χ4n) is 3.87. The lowest BCUT2D eigenvalue weighted by atomic mass is 9.90. The molecule has 18 heteroatoms. The molecule has 0 spiro atoms. The van der Waals surface area contributed by atoms with Crippen molar-refractivity contribution in [1.29, 1.82) is 0 Å². The lowest BCUT2D eigenvalue weighted by molar-refractivity contribution is -0.128. The number of alkyl halides is 1. The second-order valence-electron chi connectivity index (χ2n) is 9.84. The summed E-state index contributed by atoms with van der Waals surface area (Å²) in [4.78, 5) is 15.4. The highest BCUT2D eigenvalue weighted by atomic mass is 19.1. The van der Waals surface area contributed by atoms with Gasteiger partial charge in [0.25, 0.3) is 0 Å². The molecule has 0 saturated heterocycles. The molecule has 0 bridgehead atoms. The summed E-state index contributed by atoms with van der Waals surface area (Å²) in [5.41, 5.74) is 10.3. The molecule has 0 aromatic carbocycles. The molecular weight excluding hydrogens is 567 g/mol. The third-order valence-corrected chi connectivity index (χ3v) is 6.61. The van der Waals surface area contributed by atoms with Crippen LogP contribution in [0.15, 0.2) is 24.8 Å². The number of halogens is 1. The van der Waals surface area contributed by atoms with E-state index in [2.05, 4.69) is 19.9 Å². The molecule has 2 aromatic heterocycles. The van der Waals surface area contributed by atoms with E-state index in [9.17, 15) is 51.1 Å². The molecule has 17 nitrogen and oxygen atoms in total. The maximum Gasteiger partial charge on any atom is 0.172 e. The Hall–Kier alpha value is -2.43. The van der Waals surface area contributed by atoms with E-state index < -0.39 is 85.6 Å². The van der Waals surface area contributed by atoms with Crippen LogP contribution in [0, 0.1) is 0 Å². The Morgan fingerprint density at radius 3 is 1.62 bits per heavy atom. The van der Waals surface area contributed by atoms with Crippen LogP contribution < -0.4 is 11.5 Å². The molecule has 0 radical (unpaired) electrons. The van der Waals surface area contributed by atoms with Crippen molar-refractivity contribution >= 4 is 0 Å². The Bertz CT molecular complexity index is 1010. The van der Waals surface area contributed by atoms with Crippen molar-refractivity contribution in [3.63, 3.8) is 0 Å². The van der Waals surface area contributed by atoms with Crippen molar-refractivity contribution in [2.45, 2.75) is 86.1 Å². The zero-order chi connectivity index (χ0) is 31.7. The molecule has 0 aliphatic rings. The minimum absolute atomic E-state index is 0.0288. The van der Waals surface area contributed by atoms with E-state index in [1.165, 1.54) is 6.20 Å². The topological polar surface area (TPSA) is 326 Å². The van der Waals surface area contributed by atoms with Crippen molar-refractivity contribution in [1.82, 2.24) is 19.9 Å². The van der Waals surface area contributed by atoms with Gasteiger partial charge in [-0.25, -0.2) is 4.39 Å². The smallest absolute Gasteiger partial charge is 0.172 e. The van der Waals surface area contributed by atoms with Crippen LogP contribution in [0.4, 0.5) is 4.39 Å². The van der Waals surface area contributed by atoms with Crippen LogP contribution in [0.2, 0.25) is 0 Å². The van der Waals surface area contributed by atoms with Gasteiger partial charge in [0.1, 0.15) is 42.7 Å². The summed E-state index contributed by atoms with van der Waals surface area (Å²) >= 11 is 0. The van der Waals surface area contributed by atoms with Crippen molar-refractivity contribution in [3.05, 3.63) is 47.6 Å². The molecule has 42 heavy (non-hydrogen) atoms. The van der Waals surface area contributed by atoms with Gasteiger partial charge < -0.3 is 67.6 Å². The minimum atomic E-state index is -2.46. The third kappa shape index (κ3) is 9.28. The maximum absolute atomic E-state index is 15.0. The zero-order valence-electron chi connectivity index (χ0n) is 22.3. The molecule has 0 saturated carbocycles. The zero-order valence-corrected chi connectivity index (χ0v) is 22.3. The first-order valence-corrected chi connectivity index (χ1v) is 12.9. The predicted octanol–water partition coefficient (Wildman–Crippen LogP) is -6.38. The summed E-state index contributed by atoms with van der Waals surface area (Å²) in [5.74, 6) is 0. The van der Waals surface area contributed by atoms with Gasteiger partial charge in [-0.05, 0) is 0 Å². The second kappa shape index (κ2) is 16.4. The van der Waals surface area contributed by atoms with Crippen LogP contribution in [0.5, 0.6) is 0 Å². The third-order valence-electron chi connectivity index (χ3n) is 6.61. The van der Waals surface area contributed by atoms with Crippen LogP contribution in [-0.4, -0.2) is 150 Å². The molecule has 15 N–H and O–H groups in total. The van der Waals surface area contributed by atoms with E-state index in [1.54, 1.807) is 0 Å². The number of rotatable bonds is 17. The van der Waals surface area contributed by atoms with Gasteiger partial charge in [0.2, 0.25) is 0 Å². The van der Waals surface area contributed by atoms with Crippen molar-refractivity contribution in [2.24, 2.45) is 11.5 Å². The predicted molar refractivity (Wildman–Crippen MR) is 138 cm³/mol. The molecule has 0 amide bonds. The van der Waals surface area contributed by atoms with Gasteiger partial charge >= 0.3 is 0 Å². The summed E-state index contributed by atoms with van der Waals surface area (Å²) in [5, 5.41) is 110. The minimum Gasteiger partial charge on any atom is -0.394 e. The number of aromatic nitrogens is 4. The average Bonchev–Trinajstić information content (AvgIpc) is 3.00. The first-order valence-electron chi connectivity index (χ1n) is 12.9. The summed E-state index contributed by atoms with van der Waals surface area (Å²) in [7, 11) is 0. The lowest BCUT2D eigenvalue weighted by Crippen LogP contribution is -2.57. The SMILES string of the molecule is NC[C@@H](O)[C@@H](O)Cc1cncc(C(O)C(O)C(O)C(N)[C@@H](O)[C@@H](O)[C@@H](O)[C@@H](F)c2cncc(C[C@@H](O)[C@H](O)CO)n2)n1. The summed E-state index contributed by atoms with van der Waals surface area (Å²) in [6.45, 7) is -0.975. The maximum atomic E-state index is 15.0. The van der Waals surface area contributed by atoms with Crippen molar-refractivity contribution in [3.8, 4) is 0 Å². The molecule has 0 aliphatic carbocycles. The Morgan fingerprint density at radius 1 is 0.619 bits per heavy atom. The molecule has 238 valence electrons. The first kappa shape index (κ1) is 35.8. The van der Waals surface area contributed by atoms with Gasteiger partial charge in [-0.1, -0.05) is 0 Å². The number of hydrogen-bond donors (Lipinski definition) is 13. The molecule has 2 rings (SSSR count). The van der Waals surface area contributed by atoms with Crippen LogP contribution in [-0.2, 0) is 12.8 Å². The van der Waals surface area contributed by atoms with Gasteiger partial charge in [-0.3, -0.25) is 19.9 Å². The van der Waals surface area contributed by atoms with Crippen LogP contribution in [0.3, 0.4) is 0 Å². The molecule has 2 aromatic rings. The Labute approximate surface area is 239 Å². The van der Waals surface area contributed by atoms with Gasteiger partial charge in [0.15, 0.2) is 6.17 Å². The normalized spacial score (nSPS) is 20.8. The van der Waals surface area contributed by atoms with Crippen LogP contribution in [0.1, 0.15) is 35.1 Å². The monoisotopic (exact) mass is 606 g/mol. The van der Waals surface area contributed by atoms with E-state index >= 15 is 4.39 Å². The van der Waals surface area contributed by atoms with Crippen molar-refractivity contribution in [2.75, 3.05) is 13.2 Å². The Morgan fingerprint density at radius 2 is 1.10 bits per heavy atom. The summed E-state index contributed by atoms with van der Waals surface area (Å²) in [6, 6.07) is -1.95. The Kier molecular flexibility index (Phi) is 14.0. The van der Waals surface area contributed by atoms with E-state index in [4.69, 9.17) is 16.6 Å². The number of hydrogen-bond acceptors (Lipinski definition) is 17.